The molecule has 10 nitrogen and oxygen atoms in total. The Morgan fingerprint density at radius 1 is 0.284 bits per heavy atom. The first-order chi connectivity index (χ1) is 73.6. The first-order valence-electron chi connectivity index (χ1n) is 60.4. The van der Waals surface area contributed by atoms with E-state index in [1.54, 1.807) is 89.0 Å². The van der Waals surface area contributed by atoms with Gasteiger partial charge in [0.05, 0.1) is 56.9 Å². The van der Waals surface area contributed by atoms with Gasteiger partial charge in [0.1, 0.15) is 17.1 Å². The van der Waals surface area contributed by atoms with Crippen LogP contribution in [0.2, 0.25) is 0 Å². The molecule has 2 fully saturated rings. The number of furan rings is 2. The summed E-state index contributed by atoms with van der Waals surface area (Å²) in [5.41, 5.74) is 21.4. The van der Waals surface area contributed by atoms with Gasteiger partial charge >= 0.3 is 0 Å². The van der Waals surface area contributed by atoms with Crippen LogP contribution in [0.25, 0.3) is 38.0 Å². The predicted molar refractivity (Wildman–Crippen MR) is 692 cm³/mol. The highest BCUT2D eigenvalue weighted by molar-refractivity contribution is 8.01. The van der Waals surface area contributed by atoms with E-state index in [1.165, 1.54) is 232 Å². The maximum absolute atomic E-state index is 5.18. The number of fused-ring (bicyclic) bond motifs is 12. The van der Waals surface area contributed by atoms with Gasteiger partial charge in [0.25, 0.3) is 0 Å². The number of oxazole rings is 1. The molecule has 1 aliphatic heterocycles. The van der Waals surface area contributed by atoms with Crippen molar-refractivity contribution in [2.45, 2.75) is 503 Å². The number of thioether (sulfide) groups is 1. The molecule has 10 aliphatic rings. The van der Waals surface area contributed by atoms with Crippen molar-refractivity contribution in [2.24, 2.45) is 11.8 Å². The summed E-state index contributed by atoms with van der Waals surface area (Å²) in [5, 5.41) is 8.10. The van der Waals surface area contributed by atoms with Crippen LogP contribution >= 0.6 is 57.1 Å². The van der Waals surface area contributed by atoms with E-state index in [-0.39, 0.29) is 0 Å². The topological polar surface area (TPSA) is 138 Å². The third-order valence-electron chi connectivity index (χ3n) is 19.9. The third-order valence-corrected chi connectivity index (χ3v) is 25.0. The highest BCUT2D eigenvalue weighted by Crippen LogP contribution is 2.43. The maximum atomic E-state index is 5.18. The van der Waals surface area contributed by atoms with Crippen molar-refractivity contribution in [1.82, 2.24) is 34.9 Å². The van der Waals surface area contributed by atoms with Crippen LogP contribution in [-0.2, 0) is 89.9 Å². The Morgan fingerprint density at radius 2 is 0.750 bits per heavy atom. The number of aromatic amines is 3. The molecule has 0 bridgehead atoms. The van der Waals surface area contributed by atoms with Crippen molar-refractivity contribution in [1.29, 1.82) is 0 Å². The quantitative estimate of drug-likeness (QED) is 0.136. The standard InChI is InChI=1S/C9H8.C8H7N.C8H6O.C8H6S.C8H14.C7H9N.C7H8O.C7H8S.C6H8N2.C6H7NO.C6H7NS.C5H5NS2.24C2H6/c1-2-5-9-7-3-6-8(9)4-1;3*1-2-4-8-7(3-1)5-6-9-8;1-3-7-5-2-6-8(7)4-1;3*1-2-6-4-5-8-7(6)3-1;3*1-2-5-6(3-1)8-4-7-5;1-2-7-5-4(1)6-3-8-5;24*1-2/h1-6H,7H2;1-6,9H;2*1-6H;7-8H,1-6H2;4-5,8H,1-3H2;2*4-5H,1-3H2;4H,1-3H2,(H,7,8);2*4H,1-3H2;3H,1-2H2;24*1-2H3. The number of benzene rings is 4. The fourth-order valence-corrected chi connectivity index (χ4v) is 19.3. The summed E-state index contributed by atoms with van der Waals surface area (Å²) in [6.07, 6.45) is 49.3. The van der Waals surface area contributed by atoms with Gasteiger partial charge in [0.15, 0.2) is 6.39 Å². The van der Waals surface area contributed by atoms with Crippen molar-refractivity contribution >= 4 is 95.1 Å². The van der Waals surface area contributed by atoms with E-state index in [1.807, 2.05) is 421 Å². The van der Waals surface area contributed by atoms with Crippen LogP contribution in [0.4, 0.5) is 0 Å². The monoisotopic (exact) mass is 2140 g/mol. The molecular formula is C133H237N7O3S5. The summed E-state index contributed by atoms with van der Waals surface area (Å²) >= 11 is 9.19. The minimum atomic E-state index is 0.956. The van der Waals surface area contributed by atoms with Crippen LogP contribution in [0.1, 0.15) is 493 Å². The Kier molecular flexibility index (Phi) is 151. The average Bonchev–Trinajstić information content (AvgIpc) is 1.73. The molecule has 852 valence electrons. The second-order valence-corrected chi connectivity index (χ2v) is 31.6. The van der Waals surface area contributed by atoms with Crippen LogP contribution < -0.4 is 0 Å². The number of para-hydroxylation sites is 2. The van der Waals surface area contributed by atoms with Crippen molar-refractivity contribution in [2.75, 3.05) is 5.75 Å². The molecule has 24 rings (SSSR count). The normalized spacial score (nSPS) is 12.4. The van der Waals surface area contributed by atoms with Crippen LogP contribution in [0, 0.1) is 11.8 Å². The summed E-state index contributed by atoms with van der Waals surface area (Å²) < 4.78 is 18.2. The zero-order valence-corrected chi connectivity index (χ0v) is 110. The van der Waals surface area contributed by atoms with Crippen LogP contribution in [-0.4, -0.2) is 40.6 Å². The number of hydrogen-bond acceptors (Lipinski definition) is 12. The molecule has 3 N–H and O–H groups in total. The first-order valence-corrected chi connectivity index (χ1v) is 64.9. The lowest BCUT2D eigenvalue weighted by molar-refractivity contribution is 0.457. The number of aromatic nitrogens is 7. The van der Waals surface area contributed by atoms with Gasteiger partial charge in [0, 0.05) is 74.2 Å². The van der Waals surface area contributed by atoms with Gasteiger partial charge < -0.3 is 28.2 Å². The van der Waals surface area contributed by atoms with Crippen molar-refractivity contribution in [3.63, 3.8) is 0 Å². The van der Waals surface area contributed by atoms with Gasteiger partial charge in [-0.05, 0) is 225 Å². The Balaban J connectivity index is -0.000000131. The molecule has 0 unspecified atom stereocenters. The fraction of sp³-hybridized carbons (Fsp3) is 0.579. The molecule has 0 saturated heterocycles. The lowest BCUT2D eigenvalue weighted by atomic mass is 10.0. The number of hydrogen-bond donors (Lipinski definition) is 3. The molecule has 9 aliphatic carbocycles. The molecule has 0 radical (unpaired) electrons. The minimum Gasteiger partial charge on any atom is -0.469 e. The molecule has 10 aromatic heterocycles. The molecule has 0 spiro atoms. The molecule has 11 heterocycles. The van der Waals surface area contributed by atoms with Crippen molar-refractivity contribution < 1.29 is 13.3 Å². The second kappa shape index (κ2) is 135. The highest BCUT2D eigenvalue weighted by atomic mass is 32.2. The van der Waals surface area contributed by atoms with Gasteiger partial charge in [-0.15, -0.1) is 57.1 Å². The third kappa shape index (κ3) is 73.2. The number of imidazole rings is 1. The number of nitrogens with zero attached hydrogens (tertiary/aromatic N) is 4. The van der Waals surface area contributed by atoms with E-state index in [9.17, 15) is 0 Å². The molecular weight excluding hydrogens is 1900 g/mol. The molecule has 15 heteroatoms. The highest BCUT2D eigenvalue weighted by Gasteiger charge is 2.31. The fourth-order valence-electron chi connectivity index (χ4n) is 14.6. The van der Waals surface area contributed by atoms with Crippen LogP contribution in [0.3, 0.4) is 0 Å². The Labute approximate surface area is 939 Å². The predicted octanol–water partition coefficient (Wildman–Crippen LogP) is 48.0. The lowest BCUT2D eigenvalue weighted by Gasteiger charge is -2.04. The SMILES string of the molecule is C1=Cc2ccccc2C1.C1CC2CCCC2C1.CC.CC.CC.CC.CC.CC.CC.CC.CC.CC.CC.CC.CC.CC.CC.CC.CC.CC.CC.CC.CC.CC.CC.CC.c1cc2c([nH]1)CCC2.c1cc2c(o1)CCC2.c1cc2c(s1)CCC2.c1ccc2[nH]ccc2c1.c1ccc2occc2c1.c1ccc2sccc2c1.c1nc2c([nH]1)CCC2.c1nc2c(o1)CCC2.c1nc2c(s1)CCC2.c1nc2c(s1)SCC2. The van der Waals surface area contributed by atoms with Gasteiger partial charge in [-0.2, -0.15) is 0 Å². The van der Waals surface area contributed by atoms with Gasteiger partial charge in [-0.25, -0.2) is 19.9 Å². The number of thiazole rings is 2. The lowest BCUT2D eigenvalue weighted by Crippen LogP contribution is -1.95. The summed E-state index contributed by atoms with van der Waals surface area (Å²) in [5.74, 6) is 5.91. The van der Waals surface area contributed by atoms with E-state index in [4.69, 9.17) is 13.3 Å². The number of allylic oxidation sites excluding steroid dienone is 1. The van der Waals surface area contributed by atoms with Gasteiger partial charge in [-0.1, -0.05) is 462 Å². The van der Waals surface area contributed by atoms with Gasteiger partial charge in [-0.3, -0.25) is 0 Å². The van der Waals surface area contributed by atoms with E-state index >= 15 is 0 Å². The number of rotatable bonds is 0. The van der Waals surface area contributed by atoms with E-state index in [0.717, 1.165) is 42.4 Å². The van der Waals surface area contributed by atoms with Crippen LogP contribution in [0.5, 0.6) is 0 Å². The molecule has 14 aromatic rings. The number of H-pyrrole nitrogens is 3. The van der Waals surface area contributed by atoms with Crippen molar-refractivity contribution in [3.05, 3.63) is 282 Å². The second-order valence-electron chi connectivity index (χ2n) is 26.5. The average molecular weight is 2140 g/mol. The molecule has 4 aromatic carbocycles. The number of thiophene rings is 2. The van der Waals surface area contributed by atoms with E-state index in [0.29, 0.717) is 0 Å². The summed E-state index contributed by atoms with van der Waals surface area (Å²) in [7, 11) is 0. The van der Waals surface area contributed by atoms with Gasteiger partial charge in [0.2, 0.25) is 0 Å². The summed E-state index contributed by atoms with van der Waals surface area (Å²) in [6.45, 7) is 96.0. The molecule has 2 saturated carbocycles. The Morgan fingerprint density at radius 3 is 1.30 bits per heavy atom. The van der Waals surface area contributed by atoms with E-state index in [2.05, 4.69) is 149 Å². The summed E-state index contributed by atoms with van der Waals surface area (Å²) in [4.78, 5) is 29.2. The number of aryl methyl sites for hydroxylation is 13. The zero-order valence-electron chi connectivity index (χ0n) is 105. The number of nitrogens with one attached hydrogen (secondary N) is 3. The molecule has 148 heavy (non-hydrogen) atoms. The molecule has 0 amide bonds. The first kappa shape index (κ1) is 165. The van der Waals surface area contributed by atoms with E-state index < -0.39 is 0 Å². The smallest absolute Gasteiger partial charge is 0.181 e. The zero-order chi connectivity index (χ0) is 116. The minimum absolute atomic E-state index is 0.956. The largest absolute Gasteiger partial charge is 0.469 e. The maximum Gasteiger partial charge on any atom is 0.181 e. The Bertz CT molecular complexity index is 3870. The molecule has 0 atom stereocenters. The Hall–Kier alpha value is -8.05. The van der Waals surface area contributed by atoms with Crippen LogP contribution in [0.15, 0.2) is 216 Å². The summed E-state index contributed by atoms with van der Waals surface area (Å²) in [6, 6.07) is 45.7. The van der Waals surface area contributed by atoms with Crippen molar-refractivity contribution in [3.8, 4) is 0 Å².